The summed E-state index contributed by atoms with van der Waals surface area (Å²) in [5.74, 6) is -0.263. The summed E-state index contributed by atoms with van der Waals surface area (Å²) in [6.07, 6.45) is 0. The minimum atomic E-state index is -0.398. The van der Waals surface area contributed by atoms with E-state index in [0.717, 1.165) is 10.1 Å². The molecule has 0 aliphatic carbocycles. The van der Waals surface area contributed by atoms with Crippen LogP contribution < -0.4 is 0 Å². The van der Waals surface area contributed by atoms with Crippen LogP contribution >= 0.6 is 11.3 Å². The summed E-state index contributed by atoms with van der Waals surface area (Å²) < 4.78 is 5.58. The molecule has 0 aliphatic rings. The van der Waals surface area contributed by atoms with E-state index in [4.69, 9.17) is 0 Å². The number of ether oxygens (including phenoxy) is 1. The normalized spacial score (nSPS) is 11.1. The molecule has 0 spiro atoms. The molecule has 1 aromatic heterocycles. The number of carbonyl (C=O) groups is 1. The molecule has 1 heterocycles. The number of esters is 1. The van der Waals surface area contributed by atoms with Crippen LogP contribution in [0.5, 0.6) is 5.75 Å². The van der Waals surface area contributed by atoms with E-state index in [1.807, 2.05) is 24.3 Å². The van der Waals surface area contributed by atoms with Crippen LogP contribution in [0.4, 0.5) is 10.7 Å². The second-order valence-electron chi connectivity index (χ2n) is 4.49. The SMILES string of the molecule is COC(=O)c1ccc(N=Nc2sc3ccccc3c2O)cc1. The first-order valence-electron chi connectivity index (χ1n) is 6.49. The Balaban J connectivity index is 1.86. The molecule has 3 rings (SSSR count). The van der Waals surface area contributed by atoms with Crippen molar-refractivity contribution in [1.29, 1.82) is 0 Å². The Bertz CT molecular complexity index is 853. The molecular weight excluding hydrogens is 300 g/mol. The number of fused-ring (bicyclic) bond motifs is 1. The van der Waals surface area contributed by atoms with Gasteiger partial charge in [0.05, 0.1) is 18.4 Å². The molecule has 5 nitrogen and oxygen atoms in total. The second kappa shape index (κ2) is 5.95. The zero-order chi connectivity index (χ0) is 15.5. The molecule has 6 heteroatoms. The summed E-state index contributed by atoms with van der Waals surface area (Å²) in [5.41, 5.74) is 1.04. The van der Waals surface area contributed by atoms with Crippen LogP contribution in [0.15, 0.2) is 58.8 Å². The lowest BCUT2D eigenvalue weighted by molar-refractivity contribution is 0.0601. The van der Waals surface area contributed by atoms with Gasteiger partial charge in [0.15, 0.2) is 10.8 Å². The standard InChI is InChI=1S/C16H12N2O3S/c1-21-16(20)10-6-8-11(9-7-10)17-18-15-14(19)12-4-2-3-5-13(12)22-15/h2-9,19H,1H3. The maximum absolute atomic E-state index is 11.3. The molecule has 110 valence electrons. The predicted molar refractivity (Wildman–Crippen MR) is 85.4 cm³/mol. The van der Waals surface area contributed by atoms with Gasteiger partial charge < -0.3 is 9.84 Å². The Kier molecular flexibility index (Phi) is 3.84. The van der Waals surface area contributed by atoms with Crippen LogP contribution in [0.2, 0.25) is 0 Å². The first-order valence-corrected chi connectivity index (χ1v) is 7.31. The van der Waals surface area contributed by atoms with Crippen LogP contribution in [0.3, 0.4) is 0 Å². The van der Waals surface area contributed by atoms with Gasteiger partial charge in [-0.1, -0.05) is 12.1 Å². The van der Waals surface area contributed by atoms with E-state index in [1.165, 1.54) is 18.4 Å². The summed E-state index contributed by atoms with van der Waals surface area (Å²) in [5, 5.41) is 19.5. The Morgan fingerprint density at radius 1 is 1.09 bits per heavy atom. The molecule has 0 bridgehead atoms. The summed E-state index contributed by atoms with van der Waals surface area (Å²) in [4.78, 5) is 11.3. The van der Waals surface area contributed by atoms with Crippen LogP contribution in [-0.4, -0.2) is 18.2 Å². The quantitative estimate of drug-likeness (QED) is 0.557. The lowest BCUT2D eigenvalue weighted by Crippen LogP contribution is -1.99. The number of rotatable bonds is 3. The molecular formula is C16H12N2O3S. The average molecular weight is 312 g/mol. The molecule has 2 aromatic carbocycles. The Labute approximate surface area is 130 Å². The van der Waals surface area contributed by atoms with E-state index < -0.39 is 5.97 Å². The maximum atomic E-state index is 11.3. The van der Waals surface area contributed by atoms with Gasteiger partial charge in [0.2, 0.25) is 0 Å². The fourth-order valence-electron chi connectivity index (χ4n) is 1.97. The second-order valence-corrected chi connectivity index (χ2v) is 5.52. The summed E-state index contributed by atoms with van der Waals surface area (Å²) in [6.45, 7) is 0. The van der Waals surface area contributed by atoms with Crippen LogP contribution in [0.1, 0.15) is 10.4 Å². The highest BCUT2D eigenvalue weighted by atomic mass is 32.1. The number of azo groups is 1. The molecule has 1 N–H and O–H groups in total. The summed E-state index contributed by atoms with van der Waals surface area (Å²) in [7, 11) is 1.33. The third-order valence-corrected chi connectivity index (χ3v) is 4.14. The van der Waals surface area contributed by atoms with E-state index in [-0.39, 0.29) is 5.75 Å². The first kappa shape index (κ1) is 14.2. The van der Waals surface area contributed by atoms with E-state index in [2.05, 4.69) is 15.0 Å². The van der Waals surface area contributed by atoms with Gasteiger partial charge in [-0.15, -0.1) is 21.6 Å². The molecule has 0 saturated carbocycles. The maximum Gasteiger partial charge on any atom is 0.337 e. The smallest absolute Gasteiger partial charge is 0.337 e. The van der Waals surface area contributed by atoms with Gasteiger partial charge in [-0.3, -0.25) is 0 Å². The number of hydrogen-bond donors (Lipinski definition) is 1. The van der Waals surface area contributed by atoms with Gasteiger partial charge in [-0.25, -0.2) is 4.79 Å². The topological polar surface area (TPSA) is 71.2 Å². The molecule has 3 aromatic rings. The van der Waals surface area contributed by atoms with Crippen molar-refractivity contribution in [1.82, 2.24) is 0 Å². The van der Waals surface area contributed by atoms with Gasteiger partial charge >= 0.3 is 5.97 Å². The molecule has 0 radical (unpaired) electrons. The van der Waals surface area contributed by atoms with Gasteiger partial charge in [-0.05, 0) is 36.4 Å². The lowest BCUT2D eigenvalue weighted by Gasteiger charge is -1.98. The van der Waals surface area contributed by atoms with Crippen molar-refractivity contribution in [3.63, 3.8) is 0 Å². The zero-order valence-electron chi connectivity index (χ0n) is 11.7. The van der Waals surface area contributed by atoms with E-state index in [9.17, 15) is 9.90 Å². The molecule has 22 heavy (non-hydrogen) atoms. The van der Waals surface area contributed by atoms with Crippen LogP contribution in [-0.2, 0) is 4.74 Å². The highest BCUT2D eigenvalue weighted by Gasteiger charge is 2.10. The van der Waals surface area contributed by atoms with Gasteiger partial charge in [-0.2, -0.15) is 0 Å². The van der Waals surface area contributed by atoms with E-state index in [1.54, 1.807) is 24.3 Å². The molecule has 0 fully saturated rings. The molecule has 0 saturated heterocycles. The highest BCUT2D eigenvalue weighted by molar-refractivity contribution is 7.23. The summed E-state index contributed by atoms with van der Waals surface area (Å²) >= 11 is 1.37. The van der Waals surface area contributed by atoms with Crippen molar-refractivity contribution < 1.29 is 14.6 Å². The van der Waals surface area contributed by atoms with Crippen molar-refractivity contribution in [3.8, 4) is 5.75 Å². The predicted octanol–water partition coefficient (Wildman–Crippen LogP) is 4.81. The number of benzene rings is 2. The van der Waals surface area contributed by atoms with Crippen molar-refractivity contribution in [2.75, 3.05) is 7.11 Å². The lowest BCUT2D eigenvalue weighted by atomic mass is 10.2. The zero-order valence-corrected chi connectivity index (χ0v) is 12.5. The highest BCUT2D eigenvalue weighted by Crippen LogP contribution is 2.43. The summed E-state index contributed by atoms with van der Waals surface area (Å²) in [6, 6.07) is 14.1. The van der Waals surface area contributed by atoms with Crippen molar-refractivity contribution in [2.24, 2.45) is 10.2 Å². The van der Waals surface area contributed by atoms with Gasteiger partial charge in [0.25, 0.3) is 0 Å². The molecule has 0 atom stereocenters. The van der Waals surface area contributed by atoms with Crippen molar-refractivity contribution in [3.05, 3.63) is 54.1 Å². The van der Waals surface area contributed by atoms with E-state index in [0.29, 0.717) is 16.3 Å². The van der Waals surface area contributed by atoms with Crippen LogP contribution in [0, 0.1) is 0 Å². The van der Waals surface area contributed by atoms with E-state index >= 15 is 0 Å². The largest absolute Gasteiger partial charge is 0.504 e. The van der Waals surface area contributed by atoms with Crippen LogP contribution in [0.25, 0.3) is 10.1 Å². The fourth-order valence-corrected chi connectivity index (χ4v) is 2.89. The molecule has 0 amide bonds. The Hall–Kier alpha value is -2.73. The van der Waals surface area contributed by atoms with Crippen molar-refractivity contribution >= 4 is 38.1 Å². The monoisotopic (exact) mass is 312 g/mol. The number of aromatic hydroxyl groups is 1. The first-order chi connectivity index (χ1) is 10.7. The minimum absolute atomic E-state index is 0.135. The minimum Gasteiger partial charge on any atom is -0.504 e. The number of nitrogens with zero attached hydrogens (tertiary/aromatic N) is 2. The number of thiophene rings is 1. The number of hydrogen-bond acceptors (Lipinski definition) is 6. The number of methoxy groups -OCH3 is 1. The molecule has 0 aliphatic heterocycles. The van der Waals surface area contributed by atoms with Gasteiger partial charge in [0.1, 0.15) is 0 Å². The third-order valence-electron chi connectivity index (χ3n) is 3.10. The fraction of sp³-hybridized carbons (Fsp3) is 0.0625. The Morgan fingerprint density at radius 3 is 2.50 bits per heavy atom. The molecule has 0 unspecified atom stereocenters. The average Bonchev–Trinajstić information content (AvgIpc) is 2.89. The Morgan fingerprint density at radius 2 is 1.82 bits per heavy atom. The number of carbonyl (C=O) groups excluding carboxylic acids is 1. The third kappa shape index (κ3) is 2.68. The van der Waals surface area contributed by atoms with Crippen molar-refractivity contribution in [2.45, 2.75) is 0 Å². The van der Waals surface area contributed by atoms with Gasteiger partial charge in [0, 0.05) is 10.1 Å².